The minimum absolute atomic E-state index is 0.0464. The minimum Gasteiger partial charge on any atom is -0.377 e. The van der Waals surface area contributed by atoms with Crippen LogP contribution < -0.4 is 5.32 Å². The van der Waals surface area contributed by atoms with Gasteiger partial charge in [-0.3, -0.25) is 14.7 Å². The van der Waals surface area contributed by atoms with Crippen molar-refractivity contribution in [3.8, 4) is 0 Å². The first-order valence-corrected chi connectivity index (χ1v) is 9.52. The molecule has 1 fully saturated rings. The highest BCUT2D eigenvalue weighted by Gasteiger charge is 2.28. The summed E-state index contributed by atoms with van der Waals surface area (Å²) < 4.78 is 5.53. The number of ether oxygens (including phenoxy) is 1. The molecule has 1 aliphatic heterocycles. The summed E-state index contributed by atoms with van der Waals surface area (Å²) in [7, 11) is 0. The van der Waals surface area contributed by atoms with Gasteiger partial charge in [0, 0.05) is 30.8 Å². The lowest BCUT2D eigenvalue weighted by Crippen LogP contribution is -2.54. The normalized spacial score (nSPS) is 17.6. The van der Waals surface area contributed by atoms with Gasteiger partial charge in [0.1, 0.15) is 0 Å². The maximum Gasteiger partial charge on any atom is 0.227 e. The minimum atomic E-state index is -0.113. The number of aromatic amines is 1. The average Bonchev–Trinajstić information content (AvgIpc) is 2.91. The Morgan fingerprint density at radius 3 is 2.81 bits per heavy atom. The molecular weight excluding hydrogens is 332 g/mol. The van der Waals surface area contributed by atoms with Crippen LogP contribution in [0.4, 0.5) is 0 Å². The Labute approximate surface area is 155 Å². The van der Waals surface area contributed by atoms with Gasteiger partial charge in [0.2, 0.25) is 11.8 Å². The zero-order valence-electron chi connectivity index (χ0n) is 16.4. The number of rotatable bonds is 8. The summed E-state index contributed by atoms with van der Waals surface area (Å²) in [5.74, 6) is 0.711. The molecule has 1 saturated heterocycles. The molecule has 0 spiro atoms. The molecule has 0 aliphatic carbocycles. The molecule has 1 aromatic heterocycles. The van der Waals surface area contributed by atoms with Gasteiger partial charge in [-0.05, 0) is 26.2 Å². The van der Waals surface area contributed by atoms with E-state index in [4.69, 9.17) is 4.74 Å². The molecule has 1 aliphatic rings. The van der Waals surface area contributed by atoms with Gasteiger partial charge in [-0.15, -0.1) is 0 Å². The molecule has 1 unspecified atom stereocenters. The molecule has 1 aromatic rings. The summed E-state index contributed by atoms with van der Waals surface area (Å²) in [6.07, 6.45) is 2.81. The van der Waals surface area contributed by atoms with Crippen LogP contribution in [0, 0.1) is 19.8 Å². The highest BCUT2D eigenvalue weighted by Crippen LogP contribution is 2.15. The number of aryl methyl sites for hydroxylation is 2. The van der Waals surface area contributed by atoms with E-state index in [0.717, 1.165) is 29.8 Å². The Bertz CT molecular complexity index is 592. The van der Waals surface area contributed by atoms with Gasteiger partial charge in [-0.1, -0.05) is 20.3 Å². The number of morpholine rings is 1. The molecule has 2 rings (SSSR count). The quantitative estimate of drug-likeness (QED) is 0.735. The summed E-state index contributed by atoms with van der Waals surface area (Å²) in [4.78, 5) is 26.6. The molecule has 7 nitrogen and oxygen atoms in total. The van der Waals surface area contributed by atoms with Crippen molar-refractivity contribution in [3.05, 3.63) is 17.0 Å². The van der Waals surface area contributed by atoms with Crippen LogP contribution in [0.1, 0.15) is 50.1 Å². The first-order valence-electron chi connectivity index (χ1n) is 9.52. The van der Waals surface area contributed by atoms with Crippen molar-refractivity contribution < 1.29 is 14.3 Å². The molecule has 0 aromatic carbocycles. The van der Waals surface area contributed by atoms with Crippen molar-refractivity contribution in [1.29, 1.82) is 0 Å². The van der Waals surface area contributed by atoms with E-state index in [0.29, 0.717) is 45.1 Å². The largest absolute Gasteiger partial charge is 0.377 e. The third-order valence-corrected chi connectivity index (χ3v) is 4.88. The van der Waals surface area contributed by atoms with Gasteiger partial charge in [0.05, 0.1) is 31.4 Å². The second-order valence-electron chi connectivity index (χ2n) is 7.50. The van der Waals surface area contributed by atoms with E-state index in [1.54, 1.807) is 0 Å². The van der Waals surface area contributed by atoms with Crippen LogP contribution in [0.25, 0.3) is 0 Å². The van der Waals surface area contributed by atoms with Gasteiger partial charge >= 0.3 is 0 Å². The van der Waals surface area contributed by atoms with E-state index in [1.807, 2.05) is 18.7 Å². The first kappa shape index (κ1) is 20.4. The first-order chi connectivity index (χ1) is 12.4. The van der Waals surface area contributed by atoms with E-state index >= 15 is 0 Å². The van der Waals surface area contributed by atoms with Crippen molar-refractivity contribution in [1.82, 2.24) is 20.4 Å². The summed E-state index contributed by atoms with van der Waals surface area (Å²) in [6, 6.07) is -0.113. The zero-order chi connectivity index (χ0) is 19.1. The smallest absolute Gasteiger partial charge is 0.227 e. The fraction of sp³-hybridized carbons (Fsp3) is 0.737. The SMILES string of the molecule is Cc1n[nH]c(C)c1CC(=O)N1CCOCC1CNC(=O)CCCC(C)C. The summed E-state index contributed by atoms with van der Waals surface area (Å²) >= 11 is 0. The Balaban J connectivity index is 1.86. The lowest BCUT2D eigenvalue weighted by Gasteiger charge is -2.36. The molecule has 146 valence electrons. The molecule has 0 radical (unpaired) electrons. The molecule has 7 heteroatoms. The Morgan fingerprint density at radius 1 is 1.38 bits per heavy atom. The Kier molecular flexibility index (Phi) is 7.63. The second-order valence-corrected chi connectivity index (χ2v) is 7.50. The van der Waals surface area contributed by atoms with Crippen LogP contribution in [-0.2, 0) is 20.7 Å². The van der Waals surface area contributed by atoms with Gasteiger partial charge in [-0.25, -0.2) is 0 Å². The summed E-state index contributed by atoms with van der Waals surface area (Å²) in [5, 5.41) is 10.0. The average molecular weight is 364 g/mol. The van der Waals surface area contributed by atoms with Crippen LogP contribution in [-0.4, -0.2) is 59.3 Å². The van der Waals surface area contributed by atoms with Gasteiger partial charge in [0.15, 0.2) is 0 Å². The van der Waals surface area contributed by atoms with Crippen molar-refractivity contribution in [3.63, 3.8) is 0 Å². The fourth-order valence-corrected chi connectivity index (χ4v) is 3.23. The molecular formula is C19H32N4O3. The maximum atomic E-state index is 12.8. The molecule has 2 N–H and O–H groups in total. The number of amides is 2. The van der Waals surface area contributed by atoms with Crippen LogP contribution in [0.15, 0.2) is 0 Å². The second kappa shape index (κ2) is 9.71. The van der Waals surface area contributed by atoms with E-state index < -0.39 is 0 Å². The number of nitrogens with zero attached hydrogens (tertiary/aromatic N) is 2. The maximum absolute atomic E-state index is 12.8. The number of hydrogen-bond acceptors (Lipinski definition) is 4. The number of carbonyl (C=O) groups is 2. The Hall–Kier alpha value is -1.89. The topological polar surface area (TPSA) is 87.3 Å². The molecule has 1 atom stereocenters. The van der Waals surface area contributed by atoms with Gasteiger partial charge < -0.3 is 15.0 Å². The van der Waals surface area contributed by atoms with Gasteiger partial charge in [0.25, 0.3) is 0 Å². The number of H-pyrrole nitrogens is 1. The number of nitrogens with one attached hydrogen (secondary N) is 2. The predicted octanol–water partition coefficient (Wildman–Crippen LogP) is 1.74. The van der Waals surface area contributed by atoms with E-state index in [1.165, 1.54) is 0 Å². The standard InChI is InChI=1S/C19H32N4O3/c1-13(2)6-5-7-18(24)20-11-16-12-26-9-8-23(16)19(25)10-17-14(3)21-22-15(17)4/h13,16H,5-12H2,1-4H3,(H,20,24)(H,21,22). The van der Waals surface area contributed by atoms with Crippen molar-refractivity contribution in [2.24, 2.45) is 5.92 Å². The van der Waals surface area contributed by atoms with Crippen LogP contribution in [0.2, 0.25) is 0 Å². The lowest BCUT2D eigenvalue weighted by atomic mass is 10.1. The number of aromatic nitrogens is 2. The van der Waals surface area contributed by atoms with Crippen molar-refractivity contribution in [2.75, 3.05) is 26.3 Å². The van der Waals surface area contributed by atoms with Crippen molar-refractivity contribution in [2.45, 2.75) is 59.4 Å². The molecule has 26 heavy (non-hydrogen) atoms. The van der Waals surface area contributed by atoms with Crippen LogP contribution in [0.3, 0.4) is 0 Å². The summed E-state index contributed by atoms with van der Waals surface area (Å²) in [5.41, 5.74) is 2.75. The number of hydrogen-bond donors (Lipinski definition) is 2. The van der Waals surface area contributed by atoms with E-state index in [2.05, 4.69) is 29.4 Å². The van der Waals surface area contributed by atoms with Crippen LogP contribution >= 0.6 is 0 Å². The monoisotopic (exact) mass is 364 g/mol. The fourth-order valence-electron chi connectivity index (χ4n) is 3.23. The molecule has 2 heterocycles. The highest BCUT2D eigenvalue weighted by atomic mass is 16.5. The predicted molar refractivity (Wildman–Crippen MR) is 99.8 cm³/mol. The summed E-state index contributed by atoms with van der Waals surface area (Å²) in [6.45, 7) is 10.1. The van der Waals surface area contributed by atoms with Crippen molar-refractivity contribution >= 4 is 11.8 Å². The Morgan fingerprint density at radius 2 is 2.15 bits per heavy atom. The van der Waals surface area contributed by atoms with E-state index in [-0.39, 0.29) is 17.9 Å². The van der Waals surface area contributed by atoms with E-state index in [9.17, 15) is 9.59 Å². The molecule has 0 bridgehead atoms. The van der Waals surface area contributed by atoms with Gasteiger partial charge in [-0.2, -0.15) is 5.10 Å². The molecule has 0 saturated carbocycles. The lowest BCUT2D eigenvalue weighted by molar-refractivity contribution is -0.139. The third kappa shape index (κ3) is 5.83. The molecule has 2 amide bonds. The van der Waals surface area contributed by atoms with Crippen LogP contribution in [0.5, 0.6) is 0 Å². The zero-order valence-corrected chi connectivity index (χ0v) is 16.4. The number of carbonyl (C=O) groups excluding carboxylic acids is 2. The highest BCUT2D eigenvalue weighted by molar-refractivity contribution is 5.80. The third-order valence-electron chi connectivity index (χ3n) is 4.88.